The second-order valence-corrected chi connectivity index (χ2v) is 4.61. The van der Waals surface area contributed by atoms with Gasteiger partial charge in [-0.1, -0.05) is 13.8 Å². The van der Waals surface area contributed by atoms with Crippen molar-refractivity contribution in [2.24, 2.45) is 0 Å². The lowest BCUT2D eigenvalue weighted by atomic mass is 9.97. The van der Waals surface area contributed by atoms with Crippen LogP contribution in [0.1, 0.15) is 32.3 Å². The highest BCUT2D eigenvalue weighted by Crippen LogP contribution is 2.17. The van der Waals surface area contributed by atoms with Crippen LogP contribution in [0, 0.1) is 15.9 Å². The second kappa shape index (κ2) is 6.58. The molecule has 0 aromatic heterocycles. The van der Waals surface area contributed by atoms with E-state index in [4.69, 9.17) is 0 Å². The van der Waals surface area contributed by atoms with Crippen LogP contribution in [-0.2, 0) is 6.54 Å². The molecular formula is C13H19FN2O3. The fourth-order valence-electron chi connectivity index (χ4n) is 1.78. The minimum Gasteiger partial charge on any atom is -0.389 e. The number of aliphatic hydroxyl groups is 1. The number of hydrogen-bond acceptors (Lipinski definition) is 4. The Balaban J connectivity index is 2.65. The SMILES string of the molecule is CCC(O)(CC)CNCc1cc(F)cc([N+](=O)[O-])c1. The van der Waals surface area contributed by atoms with Gasteiger partial charge in [-0.3, -0.25) is 10.1 Å². The summed E-state index contributed by atoms with van der Waals surface area (Å²) < 4.78 is 13.2. The van der Waals surface area contributed by atoms with Gasteiger partial charge < -0.3 is 10.4 Å². The lowest BCUT2D eigenvalue weighted by Crippen LogP contribution is -2.39. The Morgan fingerprint density at radius 1 is 1.37 bits per heavy atom. The maximum absolute atomic E-state index is 13.2. The second-order valence-electron chi connectivity index (χ2n) is 4.61. The Labute approximate surface area is 111 Å². The summed E-state index contributed by atoms with van der Waals surface area (Å²) >= 11 is 0. The van der Waals surface area contributed by atoms with E-state index < -0.39 is 16.3 Å². The monoisotopic (exact) mass is 270 g/mol. The molecule has 0 aliphatic rings. The first-order chi connectivity index (χ1) is 8.90. The van der Waals surface area contributed by atoms with Gasteiger partial charge in [-0.2, -0.15) is 0 Å². The first-order valence-corrected chi connectivity index (χ1v) is 6.27. The van der Waals surface area contributed by atoms with Gasteiger partial charge in [0.25, 0.3) is 5.69 Å². The molecule has 0 atom stereocenters. The van der Waals surface area contributed by atoms with Crippen LogP contribution in [0.25, 0.3) is 0 Å². The lowest BCUT2D eigenvalue weighted by Gasteiger charge is -2.25. The number of nitro groups is 1. The first-order valence-electron chi connectivity index (χ1n) is 6.27. The quantitative estimate of drug-likeness (QED) is 0.589. The number of rotatable bonds is 7. The van der Waals surface area contributed by atoms with Crippen molar-refractivity contribution in [3.05, 3.63) is 39.7 Å². The highest BCUT2D eigenvalue weighted by Gasteiger charge is 2.21. The third kappa shape index (κ3) is 4.57. The van der Waals surface area contributed by atoms with Crippen molar-refractivity contribution in [3.63, 3.8) is 0 Å². The van der Waals surface area contributed by atoms with Crippen molar-refractivity contribution in [1.29, 1.82) is 0 Å². The molecule has 0 spiro atoms. The van der Waals surface area contributed by atoms with Gasteiger partial charge in [-0.25, -0.2) is 4.39 Å². The summed E-state index contributed by atoms with van der Waals surface area (Å²) in [6.45, 7) is 4.42. The van der Waals surface area contributed by atoms with Crippen LogP contribution in [0.15, 0.2) is 18.2 Å². The zero-order chi connectivity index (χ0) is 14.5. The fraction of sp³-hybridized carbons (Fsp3) is 0.538. The maximum Gasteiger partial charge on any atom is 0.272 e. The van der Waals surface area contributed by atoms with Crippen molar-refractivity contribution in [2.45, 2.75) is 38.8 Å². The number of nitrogens with zero attached hydrogens (tertiary/aromatic N) is 1. The molecule has 0 heterocycles. The van der Waals surface area contributed by atoms with Gasteiger partial charge in [0.1, 0.15) is 5.82 Å². The predicted molar refractivity (Wildman–Crippen MR) is 70.3 cm³/mol. The van der Waals surface area contributed by atoms with E-state index in [1.807, 2.05) is 13.8 Å². The largest absolute Gasteiger partial charge is 0.389 e. The van der Waals surface area contributed by atoms with Gasteiger partial charge in [0.2, 0.25) is 0 Å². The fourth-order valence-corrected chi connectivity index (χ4v) is 1.78. The number of nitrogens with one attached hydrogen (secondary N) is 1. The lowest BCUT2D eigenvalue weighted by molar-refractivity contribution is -0.385. The minimum absolute atomic E-state index is 0.266. The number of halogens is 1. The van der Waals surface area contributed by atoms with E-state index in [-0.39, 0.29) is 12.2 Å². The molecule has 1 rings (SSSR count). The molecule has 19 heavy (non-hydrogen) atoms. The number of non-ortho nitro benzene ring substituents is 1. The van der Waals surface area contributed by atoms with Gasteiger partial charge in [0.05, 0.1) is 16.6 Å². The molecule has 5 nitrogen and oxygen atoms in total. The van der Waals surface area contributed by atoms with Crippen LogP contribution in [0.2, 0.25) is 0 Å². The van der Waals surface area contributed by atoms with Gasteiger partial charge in [0.15, 0.2) is 0 Å². The Kier molecular flexibility index (Phi) is 5.38. The molecule has 0 aliphatic carbocycles. The van der Waals surface area contributed by atoms with Crippen LogP contribution in [-0.4, -0.2) is 22.2 Å². The zero-order valence-corrected chi connectivity index (χ0v) is 11.1. The van der Waals surface area contributed by atoms with E-state index in [0.29, 0.717) is 24.9 Å². The Morgan fingerprint density at radius 3 is 2.53 bits per heavy atom. The third-order valence-electron chi connectivity index (χ3n) is 3.25. The molecule has 1 aromatic rings. The molecule has 6 heteroatoms. The van der Waals surface area contributed by atoms with Crippen molar-refractivity contribution < 1.29 is 14.4 Å². The Morgan fingerprint density at radius 2 is 2.00 bits per heavy atom. The zero-order valence-electron chi connectivity index (χ0n) is 11.1. The van der Waals surface area contributed by atoms with Gasteiger partial charge in [0, 0.05) is 19.2 Å². The predicted octanol–water partition coefficient (Wildman–Crippen LogP) is 2.37. The number of hydrogen-bond donors (Lipinski definition) is 2. The molecule has 0 unspecified atom stereocenters. The summed E-state index contributed by atoms with van der Waals surface area (Å²) in [5, 5.41) is 23.7. The van der Waals surface area contributed by atoms with Crippen LogP contribution >= 0.6 is 0 Å². The van der Waals surface area contributed by atoms with E-state index >= 15 is 0 Å². The summed E-state index contributed by atoms with van der Waals surface area (Å²) in [4.78, 5) is 9.99. The molecule has 0 fully saturated rings. The van der Waals surface area contributed by atoms with E-state index in [1.54, 1.807) is 0 Å². The molecule has 1 aromatic carbocycles. The van der Waals surface area contributed by atoms with Crippen LogP contribution in [0.4, 0.5) is 10.1 Å². The minimum atomic E-state index is -0.792. The molecule has 0 amide bonds. The van der Waals surface area contributed by atoms with Crippen LogP contribution in [0.5, 0.6) is 0 Å². The molecule has 0 radical (unpaired) electrons. The van der Waals surface area contributed by atoms with Crippen molar-refractivity contribution in [1.82, 2.24) is 5.32 Å². The molecular weight excluding hydrogens is 251 g/mol. The summed E-state index contributed by atoms with van der Waals surface area (Å²) in [5.74, 6) is -0.632. The first kappa shape index (κ1) is 15.5. The molecule has 2 N–H and O–H groups in total. The normalized spacial score (nSPS) is 11.6. The van der Waals surface area contributed by atoms with Crippen molar-refractivity contribution >= 4 is 5.69 Å². The molecule has 0 saturated carbocycles. The van der Waals surface area contributed by atoms with Gasteiger partial charge in [-0.05, 0) is 24.5 Å². The van der Waals surface area contributed by atoms with Crippen LogP contribution < -0.4 is 5.32 Å². The molecule has 0 aliphatic heterocycles. The smallest absolute Gasteiger partial charge is 0.272 e. The molecule has 0 saturated heterocycles. The number of benzene rings is 1. The summed E-state index contributed by atoms with van der Waals surface area (Å²) in [6.07, 6.45) is 1.22. The maximum atomic E-state index is 13.2. The third-order valence-corrected chi connectivity index (χ3v) is 3.25. The van der Waals surface area contributed by atoms with Crippen LogP contribution in [0.3, 0.4) is 0 Å². The highest BCUT2D eigenvalue weighted by atomic mass is 19.1. The molecule has 0 bridgehead atoms. The summed E-state index contributed by atoms with van der Waals surface area (Å²) in [5.41, 5.74) is -0.571. The van der Waals surface area contributed by atoms with Gasteiger partial charge >= 0.3 is 0 Å². The van der Waals surface area contributed by atoms with Crippen molar-refractivity contribution in [2.75, 3.05) is 6.54 Å². The van der Waals surface area contributed by atoms with E-state index in [0.717, 1.165) is 6.07 Å². The van der Waals surface area contributed by atoms with E-state index in [1.165, 1.54) is 12.1 Å². The summed E-state index contributed by atoms with van der Waals surface area (Å²) in [7, 11) is 0. The summed E-state index contributed by atoms with van der Waals surface area (Å²) in [6, 6.07) is 3.46. The molecule has 106 valence electrons. The van der Waals surface area contributed by atoms with E-state index in [2.05, 4.69) is 5.32 Å². The topological polar surface area (TPSA) is 75.4 Å². The Hall–Kier alpha value is -1.53. The highest BCUT2D eigenvalue weighted by molar-refractivity contribution is 5.35. The Bertz CT molecular complexity index is 448. The van der Waals surface area contributed by atoms with E-state index in [9.17, 15) is 19.6 Å². The van der Waals surface area contributed by atoms with Crippen molar-refractivity contribution in [3.8, 4) is 0 Å². The standard InChI is InChI=1S/C13H19FN2O3/c1-3-13(17,4-2)9-15-8-10-5-11(14)7-12(6-10)16(18)19/h5-7,15,17H,3-4,8-9H2,1-2H3. The number of nitro benzene ring substituents is 1. The average molecular weight is 270 g/mol. The average Bonchev–Trinajstić information content (AvgIpc) is 2.37. The van der Waals surface area contributed by atoms with Gasteiger partial charge in [-0.15, -0.1) is 0 Å².